The van der Waals surface area contributed by atoms with Gasteiger partial charge in [-0.3, -0.25) is 9.36 Å². The zero-order valence-electron chi connectivity index (χ0n) is 16.9. The van der Waals surface area contributed by atoms with Crippen LogP contribution in [0, 0.1) is 0 Å². The number of aryl methyl sites for hydroxylation is 2. The molecule has 3 heterocycles. The number of para-hydroxylation sites is 1. The highest BCUT2D eigenvalue weighted by atomic mass is 32.2. The van der Waals surface area contributed by atoms with Gasteiger partial charge in [0.1, 0.15) is 4.83 Å². The molecule has 8 heteroatoms. The molecule has 0 spiro atoms. The number of rotatable bonds is 5. The zero-order valence-corrected chi connectivity index (χ0v) is 18.6. The molecule has 1 aliphatic carbocycles. The number of nitrogens with zero attached hydrogens (tertiary/aromatic N) is 4. The zero-order chi connectivity index (χ0) is 20.7. The lowest BCUT2D eigenvalue weighted by Crippen LogP contribution is -2.22. The van der Waals surface area contributed by atoms with Gasteiger partial charge < -0.3 is 4.52 Å². The first-order valence-electron chi connectivity index (χ1n) is 10.2. The van der Waals surface area contributed by atoms with Crippen molar-refractivity contribution in [3.8, 4) is 5.69 Å². The number of benzene rings is 1. The Hall–Kier alpha value is -2.45. The largest absolute Gasteiger partial charge is 0.338 e. The first kappa shape index (κ1) is 19.5. The summed E-state index contributed by atoms with van der Waals surface area (Å²) in [6.07, 6.45) is 4.33. The molecule has 0 bridgehead atoms. The first-order chi connectivity index (χ1) is 14.6. The summed E-state index contributed by atoms with van der Waals surface area (Å²) in [7, 11) is 0. The van der Waals surface area contributed by atoms with Gasteiger partial charge in [0, 0.05) is 10.8 Å². The Morgan fingerprint density at radius 2 is 1.97 bits per heavy atom. The fourth-order valence-corrected chi connectivity index (χ4v) is 5.93. The molecule has 6 nitrogen and oxygen atoms in total. The van der Waals surface area contributed by atoms with E-state index < -0.39 is 0 Å². The van der Waals surface area contributed by atoms with Crippen molar-refractivity contribution in [2.45, 2.75) is 56.4 Å². The number of fused-ring (bicyclic) bond motifs is 3. The predicted octanol–water partition coefficient (Wildman–Crippen LogP) is 5.12. The fraction of sp³-hybridized carbons (Fsp3) is 0.364. The van der Waals surface area contributed by atoms with E-state index in [9.17, 15) is 4.79 Å². The van der Waals surface area contributed by atoms with E-state index in [1.54, 1.807) is 15.9 Å². The van der Waals surface area contributed by atoms with Gasteiger partial charge in [-0.1, -0.05) is 49.0 Å². The molecule has 30 heavy (non-hydrogen) atoms. The Morgan fingerprint density at radius 3 is 2.73 bits per heavy atom. The molecule has 0 atom stereocenters. The van der Waals surface area contributed by atoms with E-state index in [1.807, 2.05) is 44.2 Å². The maximum atomic E-state index is 13.7. The molecule has 0 fully saturated rings. The summed E-state index contributed by atoms with van der Waals surface area (Å²) in [5.41, 5.74) is 2.04. The summed E-state index contributed by atoms with van der Waals surface area (Å²) < 4.78 is 7.11. The van der Waals surface area contributed by atoms with Gasteiger partial charge in [0.15, 0.2) is 11.0 Å². The molecule has 154 valence electrons. The van der Waals surface area contributed by atoms with Crippen LogP contribution in [0.2, 0.25) is 0 Å². The van der Waals surface area contributed by atoms with Crippen LogP contribution < -0.4 is 5.56 Å². The van der Waals surface area contributed by atoms with E-state index in [0.29, 0.717) is 22.6 Å². The first-order valence-corrected chi connectivity index (χ1v) is 12.0. The quantitative estimate of drug-likeness (QED) is 0.318. The van der Waals surface area contributed by atoms with Crippen molar-refractivity contribution in [1.82, 2.24) is 19.7 Å². The fourth-order valence-electron chi connectivity index (χ4n) is 3.78. The molecule has 3 aromatic heterocycles. The van der Waals surface area contributed by atoms with E-state index in [0.717, 1.165) is 35.2 Å². The van der Waals surface area contributed by atoms with E-state index in [4.69, 9.17) is 9.51 Å². The van der Waals surface area contributed by atoms with Crippen LogP contribution in [0.25, 0.3) is 15.9 Å². The highest BCUT2D eigenvalue weighted by Crippen LogP contribution is 2.35. The summed E-state index contributed by atoms with van der Waals surface area (Å²) >= 11 is 3.13. The summed E-state index contributed by atoms with van der Waals surface area (Å²) in [5.74, 6) is 1.92. The second-order valence-corrected chi connectivity index (χ2v) is 9.78. The topological polar surface area (TPSA) is 73.8 Å². The minimum atomic E-state index is 0.0153. The molecule has 4 aromatic rings. The third kappa shape index (κ3) is 3.48. The van der Waals surface area contributed by atoms with Gasteiger partial charge >= 0.3 is 0 Å². The third-order valence-corrected chi connectivity index (χ3v) is 7.41. The van der Waals surface area contributed by atoms with Crippen molar-refractivity contribution >= 4 is 33.3 Å². The lowest BCUT2D eigenvalue weighted by molar-refractivity contribution is 0.382. The molecule has 1 aliphatic rings. The molecular weight excluding hydrogens is 416 g/mol. The minimum Gasteiger partial charge on any atom is -0.338 e. The van der Waals surface area contributed by atoms with Crippen molar-refractivity contribution < 1.29 is 4.52 Å². The maximum Gasteiger partial charge on any atom is 0.267 e. The van der Waals surface area contributed by atoms with E-state index in [-0.39, 0.29) is 11.5 Å². The summed E-state index contributed by atoms with van der Waals surface area (Å²) in [6.45, 7) is 4.06. The molecule has 1 aromatic carbocycles. The Labute approximate surface area is 182 Å². The number of hydrogen-bond donors (Lipinski definition) is 0. The smallest absolute Gasteiger partial charge is 0.267 e. The van der Waals surface area contributed by atoms with Gasteiger partial charge in [-0.25, -0.2) is 4.98 Å². The van der Waals surface area contributed by atoms with Crippen LogP contribution in [0.15, 0.2) is 44.8 Å². The van der Waals surface area contributed by atoms with Gasteiger partial charge in [-0.05, 0) is 43.4 Å². The third-order valence-electron chi connectivity index (χ3n) is 5.30. The maximum absolute atomic E-state index is 13.7. The van der Waals surface area contributed by atoms with Crippen molar-refractivity contribution in [3.05, 3.63) is 62.8 Å². The summed E-state index contributed by atoms with van der Waals surface area (Å²) in [6, 6.07) is 9.72. The van der Waals surface area contributed by atoms with Gasteiger partial charge in [0.2, 0.25) is 5.89 Å². The lowest BCUT2D eigenvalue weighted by Gasteiger charge is -2.13. The highest BCUT2D eigenvalue weighted by molar-refractivity contribution is 7.98. The lowest BCUT2D eigenvalue weighted by atomic mass is 9.97. The van der Waals surface area contributed by atoms with Crippen molar-refractivity contribution in [1.29, 1.82) is 0 Å². The molecule has 0 amide bonds. The molecule has 0 aliphatic heterocycles. The predicted molar refractivity (Wildman–Crippen MR) is 120 cm³/mol. The Kier molecular flexibility index (Phi) is 5.20. The molecule has 5 rings (SSSR count). The molecule has 0 N–H and O–H groups in total. The molecule has 0 radical (unpaired) electrons. The van der Waals surface area contributed by atoms with Crippen LogP contribution in [-0.2, 0) is 18.6 Å². The van der Waals surface area contributed by atoms with E-state index >= 15 is 0 Å². The Morgan fingerprint density at radius 1 is 1.17 bits per heavy atom. The van der Waals surface area contributed by atoms with Gasteiger partial charge in [0.05, 0.1) is 16.8 Å². The highest BCUT2D eigenvalue weighted by Gasteiger charge is 2.23. The Balaban J connectivity index is 1.61. The number of thiophene rings is 1. The summed E-state index contributed by atoms with van der Waals surface area (Å²) in [4.78, 5) is 25.2. The van der Waals surface area contributed by atoms with Crippen LogP contribution in [0.4, 0.5) is 0 Å². The van der Waals surface area contributed by atoms with Crippen molar-refractivity contribution in [3.63, 3.8) is 0 Å². The average molecular weight is 439 g/mol. The van der Waals surface area contributed by atoms with Crippen LogP contribution >= 0.6 is 23.1 Å². The van der Waals surface area contributed by atoms with Gasteiger partial charge in [-0.2, -0.15) is 4.98 Å². The average Bonchev–Trinajstić information content (AvgIpc) is 3.37. The second kappa shape index (κ2) is 8.00. The number of hydrogen-bond acceptors (Lipinski definition) is 7. The van der Waals surface area contributed by atoms with E-state index in [1.165, 1.54) is 28.6 Å². The standard InChI is InChI=1S/C22H22N4O2S2/c1-13(2)19-23-17(28-25-19)12-29-22-24-20-18(15-10-6-7-11-16(15)30-20)21(27)26(22)14-8-4-3-5-9-14/h3-5,8-9,13H,6-7,10-12H2,1-2H3. The SMILES string of the molecule is CC(C)c1noc(CSc2nc3sc4c(c3c(=O)n2-c2ccccc2)CCCC4)n1. The summed E-state index contributed by atoms with van der Waals surface area (Å²) in [5, 5.41) is 5.48. The molecule has 0 unspecified atom stereocenters. The molecule has 0 saturated carbocycles. The normalized spacial score (nSPS) is 13.8. The minimum absolute atomic E-state index is 0.0153. The van der Waals surface area contributed by atoms with Gasteiger partial charge in [0.25, 0.3) is 5.56 Å². The molecular formula is C22H22N4O2S2. The van der Waals surface area contributed by atoms with Gasteiger partial charge in [-0.15, -0.1) is 11.3 Å². The monoisotopic (exact) mass is 438 g/mol. The number of aromatic nitrogens is 4. The van der Waals surface area contributed by atoms with Crippen molar-refractivity contribution in [2.24, 2.45) is 0 Å². The number of thioether (sulfide) groups is 1. The van der Waals surface area contributed by atoms with E-state index in [2.05, 4.69) is 10.1 Å². The van der Waals surface area contributed by atoms with Crippen LogP contribution in [-0.4, -0.2) is 19.7 Å². The van der Waals surface area contributed by atoms with Crippen LogP contribution in [0.3, 0.4) is 0 Å². The van der Waals surface area contributed by atoms with Crippen LogP contribution in [0.1, 0.15) is 54.8 Å². The second-order valence-electron chi connectivity index (χ2n) is 7.75. The Bertz CT molecular complexity index is 1260. The molecule has 0 saturated heterocycles. The van der Waals surface area contributed by atoms with Crippen molar-refractivity contribution in [2.75, 3.05) is 0 Å². The van der Waals surface area contributed by atoms with Crippen LogP contribution in [0.5, 0.6) is 0 Å².